The SMILES string of the molecule is COc1cc(Cl)c(/C=C2\SC(=Nc3ccc(C)cc3)NC2=O)cc1OC. The second kappa shape index (κ2) is 7.85. The Morgan fingerprint density at radius 3 is 2.42 bits per heavy atom. The Morgan fingerprint density at radius 1 is 1.12 bits per heavy atom. The van der Waals surface area contributed by atoms with E-state index in [1.54, 1.807) is 32.4 Å². The van der Waals surface area contributed by atoms with Crippen LogP contribution >= 0.6 is 23.4 Å². The van der Waals surface area contributed by atoms with Gasteiger partial charge in [0.1, 0.15) is 0 Å². The molecule has 1 amide bonds. The molecular weight excluding hydrogens is 372 g/mol. The van der Waals surface area contributed by atoms with E-state index in [-0.39, 0.29) is 5.91 Å². The van der Waals surface area contributed by atoms with Crippen molar-refractivity contribution >= 4 is 46.2 Å². The Bertz CT molecular complexity index is 908. The van der Waals surface area contributed by atoms with Crippen molar-refractivity contribution in [2.75, 3.05) is 14.2 Å². The van der Waals surface area contributed by atoms with Crippen molar-refractivity contribution in [3.8, 4) is 11.5 Å². The maximum Gasteiger partial charge on any atom is 0.264 e. The third kappa shape index (κ3) is 4.03. The predicted octanol–water partition coefficient (Wildman–Crippen LogP) is 4.56. The molecule has 134 valence electrons. The fourth-order valence-electron chi connectivity index (χ4n) is 2.34. The number of nitrogens with one attached hydrogen (secondary N) is 1. The van der Waals surface area contributed by atoms with Crippen molar-refractivity contribution in [1.29, 1.82) is 0 Å². The number of ether oxygens (including phenoxy) is 2. The Labute approximate surface area is 161 Å². The van der Waals surface area contributed by atoms with E-state index in [2.05, 4.69) is 10.3 Å². The van der Waals surface area contributed by atoms with Gasteiger partial charge in [-0.05, 0) is 48.5 Å². The van der Waals surface area contributed by atoms with Gasteiger partial charge in [0.05, 0.1) is 29.8 Å². The zero-order valence-electron chi connectivity index (χ0n) is 14.5. The molecule has 1 N–H and O–H groups in total. The van der Waals surface area contributed by atoms with Crippen molar-refractivity contribution < 1.29 is 14.3 Å². The number of methoxy groups -OCH3 is 2. The molecule has 0 saturated carbocycles. The van der Waals surface area contributed by atoms with Crippen LogP contribution in [0.5, 0.6) is 11.5 Å². The third-order valence-electron chi connectivity index (χ3n) is 3.70. The lowest BCUT2D eigenvalue weighted by molar-refractivity contribution is -0.115. The van der Waals surface area contributed by atoms with Crippen molar-refractivity contribution in [2.45, 2.75) is 6.92 Å². The van der Waals surface area contributed by atoms with Crippen LogP contribution in [0.4, 0.5) is 5.69 Å². The van der Waals surface area contributed by atoms with Crippen LogP contribution < -0.4 is 14.8 Å². The Kier molecular flexibility index (Phi) is 5.54. The number of rotatable bonds is 4. The summed E-state index contributed by atoms with van der Waals surface area (Å²) in [6, 6.07) is 11.1. The van der Waals surface area contributed by atoms with E-state index >= 15 is 0 Å². The number of halogens is 1. The van der Waals surface area contributed by atoms with E-state index in [1.807, 2.05) is 31.2 Å². The smallest absolute Gasteiger partial charge is 0.264 e. The highest BCUT2D eigenvalue weighted by molar-refractivity contribution is 8.18. The lowest BCUT2D eigenvalue weighted by atomic mass is 10.2. The molecule has 1 heterocycles. The number of benzene rings is 2. The Balaban J connectivity index is 1.88. The summed E-state index contributed by atoms with van der Waals surface area (Å²) >= 11 is 7.56. The van der Waals surface area contributed by atoms with Gasteiger partial charge in [-0.2, -0.15) is 0 Å². The number of thioether (sulfide) groups is 1. The molecule has 0 unspecified atom stereocenters. The molecule has 0 atom stereocenters. The summed E-state index contributed by atoms with van der Waals surface area (Å²) < 4.78 is 10.5. The number of nitrogens with zero attached hydrogens (tertiary/aromatic N) is 1. The first-order valence-corrected chi connectivity index (χ1v) is 8.97. The van der Waals surface area contributed by atoms with Crippen LogP contribution in [0.3, 0.4) is 0 Å². The molecule has 2 aromatic carbocycles. The molecule has 1 aliphatic rings. The number of amides is 1. The van der Waals surface area contributed by atoms with Crippen molar-refractivity contribution in [1.82, 2.24) is 5.32 Å². The fourth-order valence-corrected chi connectivity index (χ4v) is 3.38. The maximum absolute atomic E-state index is 12.2. The van der Waals surface area contributed by atoms with Gasteiger partial charge in [-0.1, -0.05) is 29.3 Å². The van der Waals surface area contributed by atoms with Crippen LogP contribution in [-0.2, 0) is 4.79 Å². The van der Waals surface area contributed by atoms with Gasteiger partial charge in [0.25, 0.3) is 5.91 Å². The largest absolute Gasteiger partial charge is 0.493 e. The average molecular weight is 389 g/mol. The number of hydrogen-bond donors (Lipinski definition) is 1. The number of hydrogen-bond acceptors (Lipinski definition) is 5. The van der Waals surface area contributed by atoms with Gasteiger partial charge in [0.2, 0.25) is 0 Å². The fraction of sp³-hybridized carbons (Fsp3) is 0.158. The van der Waals surface area contributed by atoms with Crippen molar-refractivity contribution in [2.24, 2.45) is 4.99 Å². The number of carbonyl (C=O) groups excluding carboxylic acids is 1. The predicted molar refractivity (Wildman–Crippen MR) is 107 cm³/mol. The number of aliphatic imine (C=N–C) groups is 1. The number of carbonyl (C=O) groups is 1. The molecule has 3 rings (SSSR count). The molecule has 5 nitrogen and oxygen atoms in total. The van der Waals surface area contributed by atoms with Gasteiger partial charge >= 0.3 is 0 Å². The summed E-state index contributed by atoms with van der Waals surface area (Å²) in [5.41, 5.74) is 2.60. The monoisotopic (exact) mass is 388 g/mol. The van der Waals surface area contributed by atoms with E-state index in [0.29, 0.717) is 32.2 Å². The van der Waals surface area contributed by atoms with Crippen LogP contribution in [0.25, 0.3) is 6.08 Å². The highest BCUT2D eigenvalue weighted by Crippen LogP contribution is 2.36. The van der Waals surface area contributed by atoms with Crippen LogP contribution in [0, 0.1) is 6.92 Å². The van der Waals surface area contributed by atoms with Gasteiger partial charge < -0.3 is 14.8 Å². The summed E-state index contributed by atoms with van der Waals surface area (Å²) in [4.78, 5) is 17.2. The average Bonchev–Trinajstić information content (AvgIpc) is 2.97. The second-order valence-corrected chi connectivity index (χ2v) is 6.98. The van der Waals surface area contributed by atoms with E-state index in [9.17, 15) is 4.79 Å². The normalized spacial score (nSPS) is 16.8. The first kappa shape index (κ1) is 18.4. The molecule has 0 radical (unpaired) electrons. The van der Waals surface area contributed by atoms with Crippen LogP contribution in [0.1, 0.15) is 11.1 Å². The Morgan fingerprint density at radius 2 is 1.77 bits per heavy atom. The molecule has 26 heavy (non-hydrogen) atoms. The van der Waals surface area contributed by atoms with Gasteiger partial charge in [0, 0.05) is 6.07 Å². The minimum atomic E-state index is -0.216. The van der Waals surface area contributed by atoms with Crippen LogP contribution in [0.2, 0.25) is 5.02 Å². The van der Waals surface area contributed by atoms with E-state index in [4.69, 9.17) is 21.1 Å². The highest BCUT2D eigenvalue weighted by atomic mass is 35.5. The molecule has 0 spiro atoms. The number of aryl methyl sites for hydroxylation is 1. The van der Waals surface area contributed by atoms with E-state index in [0.717, 1.165) is 11.3 Å². The lowest BCUT2D eigenvalue weighted by Crippen LogP contribution is -2.19. The Hall–Kier alpha value is -2.44. The molecule has 1 aliphatic heterocycles. The zero-order chi connectivity index (χ0) is 18.7. The maximum atomic E-state index is 12.2. The topological polar surface area (TPSA) is 59.9 Å². The first-order chi connectivity index (χ1) is 12.5. The first-order valence-electron chi connectivity index (χ1n) is 7.78. The third-order valence-corrected chi connectivity index (χ3v) is 4.94. The van der Waals surface area contributed by atoms with E-state index in [1.165, 1.54) is 11.8 Å². The second-order valence-electron chi connectivity index (χ2n) is 5.55. The molecule has 7 heteroatoms. The molecule has 0 aromatic heterocycles. The lowest BCUT2D eigenvalue weighted by Gasteiger charge is -2.09. The highest BCUT2D eigenvalue weighted by Gasteiger charge is 2.24. The van der Waals surface area contributed by atoms with Crippen molar-refractivity contribution in [3.63, 3.8) is 0 Å². The van der Waals surface area contributed by atoms with Crippen LogP contribution in [-0.4, -0.2) is 25.3 Å². The summed E-state index contributed by atoms with van der Waals surface area (Å²) in [6.45, 7) is 2.01. The summed E-state index contributed by atoms with van der Waals surface area (Å²) in [6.07, 6.45) is 1.71. The molecule has 2 aromatic rings. The zero-order valence-corrected chi connectivity index (χ0v) is 16.1. The van der Waals surface area contributed by atoms with Gasteiger partial charge in [0.15, 0.2) is 16.7 Å². The van der Waals surface area contributed by atoms with Crippen LogP contribution in [0.15, 0.2) is 46.3 Å². The summed E-state index contributed by atoms with van der Waals surface area (Å²) in [7, 11) is 3.09. The summed E-state index contributed by atoms with van der Waals surface area (Å²) in [5.74, 6) is 0.859. The van der Waals surface area contributed by atoms with Gasteiger partial charge in [-0.3, -0.25) is 4.79 Å². The minimum absolute atomic E-state index is 0.216. The van der Waals surface area contributed by atoms with E-state index < -0.39 is 0 Å². The summed E-state index contributed by atoms with van der Waals surface area (Å²) in [5, 5.41) is 3.76. The quantitative estimate of drug-likeness (QED) is 0.780. The molecule has 1 saturated heterocycles. The molecule has 1 fully saturated rings. The molecule has 0 bridgehead atoms. The molecule has 0 aliphatic carbocycles. The number of amidine groups is 1. The van der Waals surface area contributed by atoms with Crippen molar-refractivity contribution in [3.05, 3.63) is 57.5 Å². The van der Waals surface area contributed by atoms with Gasteiger partial charge in [-0.25, -0.2) is 4.99 Å². The minimum Gasteiger partial charge on any atom is -0.493 e. The molecular formula is C19H17ClN2O3S. The van der Waals surface area contributed by atoms with Gasteiger partial charge in [-0.15, -0.1) is 0 Å². The standard InChI is InChI=1S/C19H17ClN2O3S/c1-11-4-6-13(7-5-11)21-19-22-18(23)17(26-19)9-12-8-15(24-2)16(25-3)10-14(12)20/h4-10H,1-3H3,(H,21,22,23)/b17-9-.